The summed E-state index contributed by atoms with van der Waals surface area (Å²) < 4.78 is 23.5. The van der Waals surface area contributed by atoms with Crippen LogP contribution in [0.25, 0.3) is 10.9 Å². The first-order valence-electron chi connectivity index (χ1n) is 12.9. The molecular weight excluding hydrogens is 528 g/mol. The van der Waals surface area contributed by atoms with Gasteiger partial charge in [-0.15, -0.1) is 9.24 Å². The number of ether oxygens (including phenoxy) is 4. The molecule has 204 valence electrons. The zero-order valence-electron chi connectivity index (χ0n) is 22.2. The highest BCUT2D eigenvalue weighted by Crippen LogP contribution is 2.37. The summed E-state index contributed by atoms with van der Waals surface area (Å²) in [7, 11) is 10.5. The second kappa shape index (κ2) is 12.1. The predicted molar refractivity (Wildman–Crippen MR) is 157 cm³/mol. The van der Waals surface area contributed by atoms with Gasteiger partial charge >= 0.3 is 0 Å². The maximum Gasteiger partial charge on any atom is 0.261 e. The normalized spacial score (nSPS) is 13.5. The molecule has 0 saturated heterocycles. The van der Waals surface area contributed by atoms with E-state index in [1.165, 1.54) is 6.20 Å². The zero-order valence-corrected chi connectivity index (χ0v) is 23.4. The summed E-state index contributed by atoms with van der Waals surface area (Å²) in [6.07, 6.45) is 6.86. The number of pyridine rings is 2. The van der Waals surface area contributed by atoms with E-state index in [9.17, 15) is 9.90 Å². The Morgan fingerprint density at radius 3 is 2.67 bits per heavy atom. The minimum atomic E-state index is -0.468. The summed E-state index contributed by atoms with van der Waals surface area (Å²) in [4.78, 5) is 21.5. The number of nitrogens with one attached hydrogen (secondary N) is 1. The molecule has 2 aromatic heterocycles. The van der Waals surface area contributed by atoms with Crippen LogP contribution in [0.2, 0.25) is 0 Å². The van der Waals surface area contributed by atoms with Crippen LogP contribution in [0.15, 0.2) is 55.0 Å². The number of hydrogen-bond acceptors (Lipinski definition) is 8. The van der Waals surface area contributed by atoms with Gasteiger partial charge in [0.05, 0.1) is 37.0 Å². The van der Waals surface area contributed by atoms with Gasteiger partial charge in [-0.3, -0.25) is 14.8 Å². The molecule has 11 heteroatoms. The van der Waals surface area contributed by atoms with Crippen molar-refractivity contribution in [3.63, 3.8) is 0 Å². The molecule has 2 N–H and O–H groups in total. The summed E-state index contributed by atoms with van der Waals surface area (Å²) >= 11 is 0. The minimum Gasteiger partial charge on any atom is -0.493 e. The van der Waals surface area contributed by atoms with Gasteiger partial charge in [0.1, 0.15) is 25.1 Å². The number of anilines is 1. The Morgan fingerprint density at radius 1 is 1.15 bits per heavy atom. The van der Waals surface area contributed by atoms with Crippen LogP contribution in [-0.2, 0) is 0 Å². The average Bonchev–Trinajstić information content (AvgIpc) is 3.74. The van der Waals surface area contributed by atoms with Gasteiger partial charge in [-0.1, -0.05) is 5.46 Å². The van der Waals surface area contributed by atoms with Crippen LogP contribution in [0.3, 0.4) is 0 Å². The standard InChI is InChI=1S/C29H29BN3O6P/c1-16(34)7-10-37-26-14-22-19(13-25(26)36-2)23(6-9-32-22)39-28-21(30)11-17(12-27(28)40)33-29(35)20-15-31-8-5-24(20)38-18-3-4-18/h5-6,8-9,11-16,18,34H,3-4,7,10,40H2,1-2H3,(H,33,35)/t16-/m1/s1. The van der Waals surface area contributed by atoms with Crippen molar-refractivity contribution < 1.29 is 28.8 Å². The largest absolute Gasteiger partial charge is 0.493 e. The predicted octanol–water partition coefficient (Wildman–Crippen LogP) is 3.67. The van der Waals surface area contributed by atoms with Gasteiger partial charge < -0.3 is 29.4 Å². The van der Waals surface area contributed by atoms with Crippen LogP contribution in [-0.4, -0.2) is 54.8 Å². The van der Waals surface area contributed by atoms with Crippen LogP contribution in [0.1, 0.15) is 36.5 Å². The van der Waals surface area contributed by atoms with Crippen LogP contribution in [0, 0.1) is 0 Å². The molecule has 1 aliphatic rings. The number of methoxy groups -OCH3 is 1. The van der Waals surface area contributed by atoms with E-state index in [1.807, 2.05) is 0 Å². The molecule has 2 heterocycles. The van der Waals surface area contributed by atoms with Gasteiger partial charge in [0.2, 0.25) is 0 Å². The van der Waals surface area contributed by atoms with Crippen molar-refractivity contribution in [1.29, 1.82) is 0 Å². The first kappa shape index (κ1) is 27.7. The smallest absolute Gasteiger partial charge is 0.261 e. The lowest BCUT2D eigenvalue weighted by Gasteiger charge is -2.17. The second-order valence-corrected chi connectivity index (χ2v) is 10.2. The summed E-state index contributed by atoms with van der Waals surface area (Å²) in [5, 5.41) is 13.7. The van der Waals surface area contributed by atoms with Gasteiger partial charge in [-0.05, 0) is 50.1 Å². The Balaban J connectivity index is 1.37. The molecule has 5 rings (SSSR count). The molecule has 0 bridgehead atoms. The van der Waals surface area contributed by atoms with Gasteiger partial charge in [0.25, 0.3) is 5.91 Å². The third-order valence-electron chi connectivity index (χ3n) is 6.24. The number of nitrogens with zero attached hydrogens (tertiary/aromatic N) is 2. The van der Waals surface area contributed by atoms with Crippen molar-refractivity contribution in [2.45, 2.75) is 38.4 Å². The highest BCUT2D eigenvalue weighted by atomic mass is 31.0. The SMILES string of the molecule is [B]c1cc(NC(=O)c2cnccc2OC2CC2)cc(P)c1Oc1ccnc2cc(OCC[C@@H](C)O)c(OC)cc12. The molecule has 0 aliphatic heterocycles. The molecule has 1 aliphatic carbocycles. The molecule has 1 amide bonds. The van der Waals surface area contributed by atoms with Crippen LogP contribution in [0.4, 0.5) is 5.69 Å². The number of aliphatic hydroxyl groups excluding tert-OH is 1. The molecule has 1 unspecified atom stereocenters. The molecule has 2 atom stereocenters. The monoisotopic (exact) mass is 557 g/mol. The van der Waals surface area contributed by atoms with E-state index < -0.39 is 6.10 Å². The van der Waals surface area contributed by atoms with Crippen LogP contribution < -0.4 is 35.0 Å². The molecule has 9 nitrogen and oxygen atoms in total. The van der Waals surface area contributed by atoms with E-state index in [0.717, 1.165) is 12.8 Å². The number of hydrogen-bond donors (Lipinski definition) is 2. The molecule has 0 spiro atoms. The lowest BCUT2D eigenvalue weighted by atomic mass is 9.94. The minimum absolute atomic E-state index is 0.151. The van der Waals surface area contributed by atoms with E-state index in [2.05, 4.69) is 24.5 Å². The number of carbonyl (C=O) groups is 1. The van der Waals surface area contributed by atoms with E-state index in [1.54, 1.807) is 62.8 Å². The van der Waals surface area contributed by atoms with Crippen LogP contribution >= 0.6 is 9.24 Å². The molecule has 1 saturated carbocycles. The summed E-state index contributed by atoms with van der Waals surface area (Å²) in [5.41, 5.74) is 1.82. The van der Waals surface area contributed by atoms with Gasteiger partial charge in [-0.2, -0.15) is 0 Å². The van der Waals surface area contributed by atoms with Crippen molar-refractivity contribution in [1.82, 2.24) is 9.97 Å². The second-order valence-electron chi connectivity index (χ2n) is 9.54. The van der Waals surface area contributed by atoms with E-state index >= 15 is 0 Å². The number of aliphatic hydroxyl groups is 1. The van der Waals surface area contributed by atoms with Crippen molar-refractivity contribution in [2.75, 3.05) is 19.0 Å². The van der Waals surface area contributed by atoms with Crippen molar-refractivity contribution in [3.05, 3.63) is 60.6 Å². The van der Waals surface area contributed by atoms with Gasteiger partial charge in [0.15, 0.2) is 11.5 Å². The van der Waals surface area contributed by atoms with Crippen molar-refractivity contribution in [3.8, 4) is 28.7 Å². The molecule has 1 fully saturated rings. The summed E-state index contributed by atoms with van der Waals surface area (Å²) in [6, 6.07) is 10.4. The Hall–Kier alpha value is -3.88. The van der Waals surface area contributed by atoms with Crippen LogP contribution in [0.5, 0.6) is 28.7 Å². The molecular formula is C29H29BN3O6P. The maximum absolute atomic E-state index is 13.0. The lowest BCUT2D eigenvalue weighted by Crippen LogP contribution is -2.19. The summed E-state index contributed by atoms with van der Waals surface area (Å²) in [5.74, 6) is 2.12. The van der Waals surface area contributed by atoms with Gasteiger partial charge in [0, 0.05) is 47.5 Å². The number of benzene rings is 2. The Labute approximate surface area is 235 Å². The van der Waals surface area contributed by atoms with Gasteiger partial charge in [-0.25, -0.2) is 0 Å². The fraction of sp³-hybridized carbons (Fsp3) is 0.276. The highest BCUT2D eigenvalue weighted by molar-refractivity contribution is 7.27. The fourth-order valence-corrected chi connectivity index (χ4v) is 4.43. The topological polar surface area (TPSA) is 112 Å². The third kappa shape index (κ3) is 6.46. The number of amides is 1. The summed E-state index contributed by atoms with van der Waals surface area (Å²) in [6.45, 7) is 2.04. The third-order valence-corrected chi connectivity index (χ3v) is 6.67. The maximum atomic E-state index is 13.0. The first-order valence-corrected chi connectivity index (χ1v) is 13.5. The molecule has 40 heavy (non-hydrogen) atoms. The Bertz CT molecular complexity index is 1520. The molecule has 2 radical (unpaired) electrons. The Morgan fingerprint density at radius 2 is 1.95 bits per heavy atom. The highest BCUT2D eigenvalue weighted by Gasteiger charge is 2.26. The molecule has 4 aromatic rings. The average molecular weight is 557 g/mol. The first-order chi connectivity index (χ1) is 19.3. The zero-order chi connectivity index (χ0) is 28.2. The Kier molecular flexibility index (Phi) is 8.38. The number of carbonyl (C=O) groups excluding carboxylic acids is 1. The lowest BCUT2D eigenvalue weighted by molar-refractivity contribution is 0.102. The van der Waals surface area contributed by atoms with E-state index in [0.29, 0.717) is 74.7 Å². The molecule has 2 aromatic carbocycles. The fourth-order valence-electron chi connectivity index (χ4n) is 4.02. The van der Waals surface area contributed by atoms with E-state index in [-0.39, 0.29) is 12.0 Å². The number of fused-ring (bicyclic) bond motifs is 1. The van der Waals surface area contributed by atoms with Crippen molar-refractivity contribution in [2.24, 2.45) is 0 Å². The van der Waals surface area contributed by atoms with Crippen molar-refractivity contribution >= 4 is 50.4 Å². The number of rotatable bonds is 11. The quantitative estimate of drug-likeness (QED) is 0.212. The van der Waals surface area contributed by atoms with E-state index in [4.69, 9.17) is 26.8 Å². The number of aromatic nitrogens is 2.